The van der Waals surface area contributed by atoms with Crippen molar-refractivity contribution in [3.05, 3.63) is 156 Å². The molecule has 0 radical (unpaired) electrons. The summed E-state index contributed by atoms with van der Waals surface area (Å²) in [4.78, 5) is 62.4. The zero-order chi connectivity index (χ0) is 40.3. The number of rotatable bonds is 8. The third-order valence-electron chi connectivity index (χ3n) is 12.4. The maximum atomic E-state index is 15.3. The van der Waals surface area contributed by atoms with Crippen molar-refractivity contribution in [3.8, 4) is 5.75 Å². The molecule has 3 fully saturated rings. The second-order valence-electron chi connectivity index (χ2n) is 15.8. The fourth-order valence-corrected chi connectivity index (χ4v) is 9.68. The van der Waals surface area contributed by atoms with Crippen molar-refractivity contribution in [2.24, 2.45) is 33.9 Å². The molecular formula is C47H42N6O5. The summed E-state index contributed by atoms with van der Waals surface area (Å²) in [5.41, 5.74) is 8.19. The minimum Gasteiger partial charge on any atom is -0.508 e. The summed E-state index contributed by atoms with van der Waals surface area (Å²) in [6, 6.07) is 38.1. The van der Waals surface area contributed by atoms with Gasteiger partial charge in [-0.1, -0.05) is 71.8 Å². The number of amides is 4. The summed E-state index contributed by atoms with van der Waals surface area (Å²) in [5.74, 6) is -5.00. The topological polar surface area (TPSA) is 135 Å². The van der Waals surface area contributed by atoms with Crippen molar-refractivity contribution >= 4 is 52.1 Å². The van der Waals surface area contributed by atoms with Gasteiger partial charge in [-0.3, -0.25) is 29.5 Å². The van der Waals surface area contributed by atoms with Crippen LogP contribution in [-0.2, 0) is 24.6 Å². The van der Waals surface area contributed by atoms with E-state index in [1.807, 2.05) is 117 Å². The van der Waals surface area contributed by atoms with Crippen molar-refractivity contribution < 1.29 is 24.3 Å². The molecule has 0 spiro atoms. The number of nitrogens with one attached hydrogen (secondary N) is 1. The van der Waals surface area contributed by atoms with E-state index in [0.29, 0.717) is 33.9 Å². The molecular weight excluding hydrogens is 729 g/mol. The lowest BCUT2D eigenvalue weighted by Crippen LogP contribution is -2.53. The Kier molecular flexibility index (Phi) is 9.03. The van der Waals surface area contributed by atoms with Gasteiger partial charge in [0.25, 0.3) is 11.8 Å². The van der Waals surface area contributed by atoms with E-state index in [-0.39, 0.29) is 30.4 Å². The Balaban J connectivity index is 1.09. The Bertz CT molecular complexity index is 2500. The number of hydrazine groups is 1. The number of aromatic hydroxyl groups is 1. The van der Waals surface area contributed by atoms with Crippen molar-refractivity contribution in [2.75, 3.05) is 29.3 Å². The molecule has 2 heterocycles. The van der Waals surface area contributed by atoms with Gasteiger partial charge in [-0.2, -0.15) is 15.2 Å². The summed E-state index contributed by atoms with van der Waals surface area (Å²) in [7, 11) is 3.93. The molecule has 11 nitrogen and oxygen atoms in total. The molecule has 5 aromatic carbocycles. The summed E-state index contributed by atoms with van der Waals surface area (Å²) < 4.78 is 0. The maximum Gasteiger partial charge on any atom is 0.260 e. The Morgan fingerprint density at radius 2 is 1.41 bits per heavy atom. The summed E-state index contributed by atoms with van der Waals surface area (Å²) >= 11 is 0. The lowest BCUT2D eigenvalue weighted by atomic mass is 9.49. The predicted molar refractivity (Wildman–Crippen MR) is 221 cm³/mol. The first-order chi connectivity index (χ1) is 28.1. The van der Waals surface area contributed by atoms with E-state index in [0.717, 1.165) is 21.8 Å². The van der Waals surface area contributed by atoms with E-state index < -0.39 is 46.8 Å². The number of anilines is 3. The van der Waals surface area contributed by atoms with Gasteiger partial charge >= 0.3 is 0 Å². The number of hydrogen-bond acceptors (Lipinski definition) is 9. The second kappa shape index (κ2) is 14.3. The first-order valence-electron chi connectivity index (χ1n) is 19.5. The monoisotopic (exact) mass is 770 g/mol. The van der Waals surface area contributed by atoms with Gasteiger partial charge in [0.2, 0.25) is 11.8 Å². The third-order valence-corrected chi connectivity index (χ3v) is 12.4. The number of azo groups is 1. The van der Waals surface area contributed by atoms with Crippen LogP contribution in [0.4, 0.5) is 28.4 Å². The lowest BCUT2D eigenvalue weighted by Gasteiger charge is -2.50. The largest absolute Gasteiger partial charge is 0.508 e. The number of carbonyl (C=O) groups is 4. The molecule has 1 saturated carbocycles. The normalized spacial score (nSPS) is 25.1. The fraction of sp³-hybridized carbons (Fsp3) is 0.234. The highest BCUT2D eigenvalue weighted by Gasteiger charge is 2.70. The van der Waals surface area contributed by atoms with Gasteiger partial charge in [0, 0.05) is 25.7 Å². The highest BCUT2D eigenvalue weighted by molar-refractivity contribution is 6.22. The number of phenolic OH excluding ortho intramolecular Hbond substituents is 1. The van der Waals surface area contributed by atoms with E-state index in [1.165, 1.54) is 4.90 Å². The molecule has 0 aromatic heterocycles. The van der Waals surface area contributed by atoms with Gasteiger partial charge in [-0.25, -0.2) is 0 Å². The number of phenols is 1. The van der Waals surface area contributed by atoms with Crippen LogP contribution in [-0.4, -0.2) is 47.8 Å². The second-order valence-corrected chi connectivity index (χ2v) is 15.8. The van der Waals surface area contributed by atoms with Gasteiger partial charge < -0.3 is 10.0 Å². The Morgan fingerprint density at radius 3 is 2.07 bits per heavy atom. The van der Waals surface area contributed by atoms with Crippen LogP contribution in [0.1, 0.15) is 35.4 Å². The standard InChI is InChI=1S/C47H42N6O5/c1-28-12-14-33(15-13-28)50-53-44(56)40-27-39-37(42(29-8-7-11-36(54)26-29)47(40,46(53)58)30-9-5-4-6-10-30)24-25-38-41(39)45(57)52(43(38)55)35-22-18-32(19-23-35)49-48-31-16-20-34(21-17-31)51(2)3/h4-24,26,38-42,50,54H,25,27H2,1-3H3/t38-,39+,40-,41-,42-,47+/m0/s1. The minimum atomic E-state index is -1.41. The maximum absolute atomic E-state index is 15.3. The summed E-state index contributed by atoms with van der Waals surface area (Å²) in [6.07, 6.45) is 2.48. The fourth-order valence-electron chi connectivity index (χ4n) is 9.68. The molecule has 2 aliphatic carbocycles. The molecule has 2 saturated heterocycles. The van der Waals surface area contributed by atoms with Crippen LogP contribution in [0.25, 0.3) is 0 Å². The molecule has 58 heavy (non-hydrogen) atoms. The van der Waals surface area contributed by atoms with Crippen LogP contribution in [0.15, 0.2) is 149 Å². The molecule has 4 aliphatic rings. The number of nitrogens with zero attached hydrogens (tertiary/aromatic N) is 5. The molecule has 0 bridgehead atoms. The highest BCUT2D eigenvalue weighted by atomic mass is 16.3. The van der Waals surface area contributed by atoms with Gasteiger partial charge in [0.15, 0.2) is 0 Å². The third kappa shape index (κ3) is 5.88. The van der Waals surface area contributed by atoms with Crippen LogP contribution in [0.2, 0.25) is 0 Å². The van der Waals surface area contributed by atoms with Crippen LogP contribution in [0.5, 0.6) is 5.75 Å². The smallest absolute Gasteiger partial charge is 0.260 e. The quantitative estimate of drug-likeness (QED) is 0.0920. The van der Waals surface area contributed by atoms with Crippen LogP contribution >= 0.6 is 0 Å². The number of imide groups is 2. The zero-order valence-corrected chi connectivity index (χ0v) is 32.3. The van der Waals surface area contributed by atoms with Crippen molar-refractivity contribution in [1.29, 1.82) is 0 Å². The zero-order valence-electron chi connectivity index (χ0n) is 32.3. The molecule has 6 atom stereocenters. The van der Waals surface area contributed by atoms with Crippen molar-refractivity contribution in [3.63, 3.8) is 0 Å². The summed E-state index contributed by atoms with van der Waals surface area (Å²) in [5, 5.41) is 20.7. The van der Waals surface area contributed by atoms with E-state index in [2.05, 4.69) is 15.7 Å². The predicted octanol–water partition coefficient (Wildman–Crippen LogP) is 8.37. The van der Waals surface area contributed by atoms with E-state index in [9.17, 15) is 19.5 Å². The number of fused-ring (bicyclic) bond motifs is 4. The summed E-state index contributed by atoms with van der Waals surface area (Å²) in [6.45, 7) is 1.96. The van der Waals surface area contributed by atoms with Crippen LogP contribution in [0, 0.1) is 30.6 Å². The number of aryl methyl sites for hydroxylation is 1. The van der Waals surface area contributed by atoms with Gasteiger partial charge in [0.05, 0.1) is 45.9 Å². The first-order valence-corrected chi connectivity index (χ1v) is 19.5. The molecule has 0 unspecified atom stereocenters. The van der Waals surface area contributed by atoms with E-state index in [4.69, 9.17) is 0 Å². The average Bonchev–Trinajstić information content (AvgIpc) is 3.62. The van der Waals surface area contributed by atoms with Crippen molar-refractivity contribution in [1.82, 2.24) is 5.01 Å². The van der Waals surface area contributed by atoms with Crippen LogP contribution < -0.4 is 15.2 Å². The molecule has 4 amide bonds. The van der Waals surface area contributed by atoms with Gasteiger partial charge in [-0.05, 0) is 110 Å². The molecule has 2 aliphatic heterocycles. The molecule has 9 rings (SSSR count). The van der Waals surface area contributed by atoms with E-state index in [1.54, 1.807) is 42.5 Å². The Hall–Kier alpha value is -6.88. The van der Waals surface area contributed by atoms with Gasteiger partial charge in [0.1, 0.15) is 5.75 Å². The molecule has 2 N–H and O–H groups in total. The van der Waals surface area contributed by atoms with Gasteiger partial charge in [-0.15, -0.1) is 0 Å². The first kappa shape index (κ1) is 36.7. The molecule has 290 valence electrons. The minimum absolute atomic E-state index is 0.0172. The van der Waals surface area contributed by atoms with E-state index >= 15 is 4.79 Å². The van der Waals surface area contributed by atoms with Crippen LogP contribution in [0.3, 0.4) is 0 Å². The SMILES string of the molecule is Cc1ccc(NN2C(=O)[C@@H]3C[C@@H]4C(=CC[C@@H]5C(=O)N(c6ccc(N=Nc7ccc(N(C)C)cc7)cc6)C(=O)[C@@H]54)[C@H](c4cccc(O)c4)[C@]3(c3ccccc3)C2=O)cc1. The highest BCUT2D eigenvalue weighted by Crippen LogP contribution is 2.64. The average molecular weight is 771 g/mol. The number of carbonyl (C=O) groups excluding carboxylic acids is 4. The van der Waals surface area contributed by atoms with Crippen molar-refractivity contribution in [2.45, 2.75) is 31.1 Å². The Labute approximate surface area is 336 Å². The molecule has 11 heteroatoms. The Morgan fingerprint density at radius 1 is 0.741 bits per heavy atom. The number of allylic oxidation sites excluding steroid dienone is 2. The lowest BCUT2D eigenvalue weighted by molar-refractivity contribution is -0.138. The number of hydrogen-bond donors (Lipinski definition) is 2. The number of benzene rings is 5. The molecule has 5 aromatic rings.